The zero-order valence-electron chi connectivity index (χ0n) is 20.0. The van der Waals surface area contributed by atoms with E-state index in [1.54, 1.807) is 13.2 Å². The molecule has 7 heteroatoms. The Morgan fingerprint density at radius 3 is 2.32 bits per heavy atom. The molecule has 1 aliphatic rings. The van der Waals surface area contributed by atoms with Crippen molar-refractivity contribution in [3.8, 4) is 22.6 Å². The Kier molecular flexibility index (Phi) is 6.96. The predicted octanol–water partition coefficient (Wildman–Crippen LogP) is 6.34. The van der Waals surface area contributed by atoms with Gasteiger partial charge in [-0.1, -0.05) is 48.5 Å². The highest BCUT2D eigenvalue weighted by atomic mass is 32.1. The summed E-state index contributed by atoms with van der Waals surface area (Å²) < 4.78 is 24.9. The first-order valence-electron chi connectivity index (χ1n) is 11.6. The van der Waals surface area contributed by atoms with Crippen LogP contribution in [0.4, 0.5) is 10.1 Å². The molecule has 0 unspecified atom stereocenters. The molecule has 1 aliphatic heterocycles. The molecular weight excluding hydrogens is 487 g/mol. The summed E-state index contributed by atoms with van der Waals surface area (Å²) in [4.78, 5) is 14.4. The largest absolute Gasteiger partial charge is 0.496 e. The molecule has 0 saturated carbocycles. The van der Waals surface area contributed by atoms with Crippen molar-refractivity contribution in [1.82, 2.24) is 5.32 Å². The third-order valence-electron chi connectivity index (χ3n) is 5.93. The van der Waals surface area contributed by atoms with Crippen LogP contribution in [0.2, 0.25) is 0 Å². The molecule has 5 rings (SSSR count). The number of carbonyl (C=O) groups excluding carboxylic acids is 1. The molecule has 1 saturated heterocycles. The van der Waals surface area contributed by atoms with E-state index in [0.29, 0.717) is 17.1 Å². The third-order valence-corrected chi connectivity index (χ3v) is 6.22. The molecule has 0 aliphatic carbocycles. The number of nitrogens with zero attached hydrogens (tertiary/aromatic N) is 1. The van der Waals surface area contributed by atoms with Gasteiger partial charge in [0.2, 0.25) is 0 Å². The van der Waals surface area contributed by atoms with Crippen molar-refractivity contribution >= 4 is 35.0 Å². The van der Waals surface area contributed by atoms with Gasteiger partial charge in [0.25, 0.3) is 5.91 Å². The first kappa shape index (κ1) is 24.2. The first-order chi connectivity index (χ1) is 18.0. The number of hydrogen-bond donors (Lipinski definition) is 1. The number of methoxy groups -OCH3 is 1. The quantitative estimate of drug-likeness (QED) is 0.232. The van der Waals surface area contributed by atoms with Crippen LogP contribution in [-0.4, -0.2) is 18.1 Å². The monoisotopic (exact) mass is 510 g/mol. The van der Waals surface area contributed by atoms with Crippen LogP contribution in [0, 0.1) is 5.82 Å². The van der Waals surface area contributed by atoms with Gasteiger partial charge in [0.15, 0.2) is 5.11 Å². The van der Waals surface area contributed by atoms with E-state index in [2.05, 4.69) is 17.4 Å². The lowest BCUT2D eigenvalue weighted by molar-refractivity contribution is -0.113. The molecule has 1 heterocycles. The molecule has 4 aromatic rings. The van der Waals surface area contributed by atoms with E-state index in [1.807, 2.05) is 60.7 Å². The van der Waals surface area contributed by atoms with Gasteiger partial charge < -0.3 is 14.8 Å². The Hall–Kier alpha value is -4.49. The lowest BCUT2D eigenvalue weighted by Gasteiger charge is -2.13. The zero-order chi connectivity index (χ0) is 25.8. The van der Waals surface area contributed by atoms with Crippen molar-refractivity contribution in [1.29, 1.82) is 0 Å². The Morgan fingerprint density at radius 1 is 0.919 bits per heavy atom. The SMILES string of the molecule is COc1ccc(/C=C2/NC(=S)N(c3ccc(F)cc3)C2=O)cc1COc1ccc(-c2ccccc2)cc1. The highest BCUT2D eigenvalue weighted by Gasteiger charge is 2.32. The standard InChI is InChI=1S/C30H23FN2O3S/c1-35-28-16-7-20(18-27-29(34)33(30(37)32-27)25-12-10-24(31)11-13-25)17-23(28)19-36-26-14-8-22(9-15-26)21-5-3-2-4-6-21/h2-18H,19H2,1H3,(H,32,37)/b27-18+. The second-order valence-corrected chi connectivity index (χ2v) is 8.74. The second kappa shape index (κ2) is 10.6. The molecular formula is C30H23FN2O3S. The van der Waals surface area contributed by atoms with Gasteiger partial charge in [-0.2, -0.15) is 0 Å². The number of anilines is 1. The molecule has 0 bridgehead atoms. The second-order valence-electron chi connectivity index (χ2n) is 8.36. The number of rotatable bonds is 7. The van der Waals surface area contributed by atoms with E-state index >= 15 is 0 Å². The van der Waals surface area contributed by atoms with Gasteiger partial charge in [-0.05, 0) is 83.5 Å². The van der Waals surface area contributed by atoms with Crippen LogP contribution < -0.4 is 19.7 Å². The number of amides is 1. The van der Waals surface area contributed by atoms with Gasteiger partial charge in [0, 0.05) is 5.56 Å². The predicted molar refractivity (Wildman–Crippen MR) is 147 cm³/mol. The van der Waals surface area contributed by atoms with Crippen molar-refractivity contribution in [2.24, 2.45) is 0 Å². The van der Waals surface area contributed by atoms with Crippen LogP contribution in [0.15, 0.2) is 103 Å². The molecule has 184 valence electrons. The van der Waals surface area contributed by atoms with Crippen LogP contribution in [0.25, 0.3) is 17.2 Å². The van der Waals surface area contributed by atoms with Crippen molar-refractivity contribution in [3.05, 3.63) is 120 Å². The minimum Gasteiger partial charge on any atom is -0.496 e. The van der Waals surface area contributed by atoms with Crippen LogP contribution in [0.3, 0.4) is 0 Å². The van der Waals surface area contributed by atoms with Gasteiger partial charge in [-0.25, -0.2) is 4.39 Å². The smallest absolute Gasteiger partial charge is 0.281 e. The van der Waals surface area contributed by atoms with Crippen LogP contribution in [0.1, 0.15) is 11.1 Å². The molecule has 1 fully saturated rings. The van der Waals surface area contributed by atoms with E-state index in [4.69, 9.17) is 21.7 Å². The lowest BCUT2D eigenvalue weighted by atomic mass is 10.1. The van der Waals surface area contributed by atoms with Crippen molar-refractivity contribution in [2.75, 3.05) is 12.0 Å². The minimum absolute atomic E-state index is 0.235. The first-order valence-corrected chi connectivity index (χ1v) is 12.0. The molecule has 0 radical (unpaired) electrons. The fraction of sp³-hybridized carbons (Fsp3) is 0.0667. The van der Waals surface area contributed by atoms with Crippen molar-refractivity contribution < 1.29 is 18.7 Å². The average molecular weight is 511 g/mol. The van der Waals surface area contributed by atoms with Gasteiger partial charge in [-0.3, -0.25) is 9.69 Å². The average Bonchev–Trinajstić information content (AvgIpc) is 3.21. The summed E-state index contributed by atoms with van der Waals surface area (Å²) >= 11 is 5.35. The highest BCUT2D eigenvalue weighted by molar-refractivity contribution is 7.80. The molecule has 4 aromatic carbocycles. The maximum atomic E-state index is 13.3. The van der Waals surface area contributed by atoms with E-state index in [1.165, 1.54) is 29.2 Å². The number of halogens is 1. The van der Waals surface area contributed by atoms with Crippen molar-refractivity contribution in [3.63, 3.8) is 0 Å². The van der Waals surface area contributed by atoms with E-state index < -0.39 is 0 Å². The van der Waals surface area contributed by atoms with Gasteiger partial charge >= 0.3 is 0 Å². The van der Waals surface area contributed by atoms with Crippen LogP contribution in [0.5, 0.6) is 11.5 Å². The highest BCUT2D eigenvalue weighted by Crippen LogP contribution is 2.27. The number of benzene rings is 4. The van der Waals surface area contributed by atoms with E-state index in [-0.39, 0.29) is 23.4 Å². The Labute approximate surface area is 219 Å². The lowest BCUT2D eigenvalue weighted by Crippen LogP contribution is -2.30. The van der Waals surface area contributed by atoms with Gasteiger partial charge in [0.1, 0.15) is 29.6 Å². The fourth-order valence-corrected chi connectivity index (χ4v) is 4.36. The summed E-state index contributed by atoms with van der Waals surface area (Å²) in [5.74, 6) is 0.713. The summed E-state index contributed by atoms with van der Waals surface area (Å²) in [5, 5.41) is 3.19. The topological polar surface area (TPSA) is 50.8 Å². The number of nitrogens with one attached hydrogen (secondary N) is 1. The molecule has 1 N–H and O–H groups in total. The Balaban J connectivity index is 1.32. The molecule has 37 heavy (non-hydrogen) atoms. The molecule has 5 nitrogen and oxygen atoms in total. The van der Waals surface area contributed by atoms with E-state index in [0.717, 1.165) is 28.0 Å². The maximum Gasteiger partial charge on any atom is 0.281 e. The molecule has 1 amide bonds. The molecule has 0 aromatic heterocycles. The number of hydrogen-bond acceptors (Lipinski definition) is 4. The minimum atomic E-state index is -0.384. The fourth-order valence-electron chi connectivity index (χ4n) is 4.06. The van der Waals surface area contributed by atoms with E-state index in [9.17, 15) is 9.18 Å². The van der Waals surface area contributed by atoms with Crippen molar-refractivity contribution in [2.45, 2.75) is 6.61 Å². The zero-order valence-corrected chi connectivity index (χ0v) is 20.8. The number of ether oxygens (including phenoxy) is 2. The normalized spacial score (nSPS) is 14.1. The Bertz CT molecular complexity index is 1470. The van der Waals surface area contributed by atoms with Gasteiger partial charge in [-0.15, -0.1) is 0 Å². The summed E-state index contributed by atoms with van der Waals surface area (Å²) in [6.45, 7) is 0.284. The van der Waals surface area contributed by atoms with Crippen LogP contribution >= 0.6 is 12.2 Å². The summed E-state index contributed by atoms with van der Waals surface area (Å²) in [6, 6.07) is 29.3. The molecule has 0 spiro atoms. The number of carbonyl (C=O) groups is 1. The number of thiocarbonyl (C=S) groups is 1. The maximum absolute atomic E-state index is 13.3. The summed E-state index contributed by atoms with van der Waals surface area (Å²) in [6.07, 6.45) is 1.72. The summed E-state index contributed by atoms with van der Waals surface area (Å²) in [5.41, 5.74) is 4.67. The van der Waals surface area contributed by atoms with Gasteiger partial charge in [0.05, 0.1) is 12.8 Å². The summed E-state index contributed by atoms with van der Waals surface area (Å²) in [7, 11) is 1.60. The Morgan fingerprint density at radius 2 is 1.62 bits per heavy atom. The molecule has 0 atom stereocenters. The third kappa shape index (κ3) is 5.37. The van der Waals surface area contributed by atoms with Crippen LogP contribution in [-0.2, 0) is 11.4 Å².